The van der Waals surface area contributed by atoms with Crippen LogP contribution in [-0.2, 0) is 9.59 Å². The van der Waals surface area contributed by atoms with Crippen LogP contribution in [0.5, 0.6) is 5.75 Å². The molecule has 0 bridgehead atoms. The maximum absolute atomic E-state index is 13.4. The molecule has 2 aromatic carbocycles. The standard InChI is InChI=1S/C31H40N2O5S/c1-20-26(14-9-15-30(20)38-22(3)35)31(37)32-27(19-39-25-12-5-4-6-13-25)29(36)18-33-17-24-11-8-7-10-23(24)16-28(33)21(2)34/h4-6,9,12-15,23-24,27-29,36H,7-8,10-11,16-19H2,1-3H3,(H,32,37)/t23?,24?,27-,28-,29?/m0/s1. The number of benzene rings is 2. The number of ether oxygens (including phenoxy) is 1. The molecule has 2 aromatic rings. The van der Waals surface area contributed by atoms with Crippen LogP contribution in [0.3, 0.4) is 0 Å². The molecule has 1 aliphatic carbocycles. The minimum absolute atomic E-state index is 0.142. The normalized spacial score (nSPS) is 22.8. The highest BCUT2D eigenvalue weighted by atomic mass is 32.2. The number of amides is 1. The van der Waals surface area contributed by atoms with Crippen LogP contribution in [0.2, 0.25) is 0 Å². The van der Waals surface area contributed by atoms with Gasteiger partial charge in [0.2, 0.25) is 0 Å². The van der Waals surface area contributed by atoms with E-state index in [-0.39, 0.29) is 17.7 Å². The molecule has 2 fully saturated rings. The van der Waals surface area contributed by atoms with Crippen molar-refractivity contribution >= 4 is 29.4 Å². The maximum Gasteiger partial charge on any atom is 0.308 e. The number of nitrogens with zero attached hydrogens (tertiary/aromatic N) is 1. The molecule has 0 spiro atoms. The molecule has 1 saturated heterocycles. The predicted molar refractivity (Wildman–Crippen MR) is 153 cm³/mol. The molecule has 7 nitrogen and oxygen atoms in total. The number of carbonyl (C=O) groups excluding carboxylic acids is 3. The summed E-state index contributed by atoms with van der Waals surface area (Å²) in [6.07, 6.45) is 4.79. The molecular weight excluding hydrogens is 512 g/mol. The highest BCUT2D eigenvalue weighted by Crippen LogP contribution is 2.39. The number of carbonyl (C=O) groups is 3. The topological polar surface area (TPSA) is 95.9 Å². The molecule has 1 saturated carbocycles. The number of nitrogens with one attached hydrogen (secondary N) is 1. The Bertz CT molecular complexity index is 1160. The van der Waals surface area contributed by atoms with E-state index in [2.05, 4.69) is 10.2 Å². The van der Waals surface area contributed by atoms with E-state index in [1.807, 2.05) is 30.3 Å². The lowest BCUT2D eigenvalue weighted by molar-refractivity contribution is -0.132. The highest BCUT2D eigenvalue weighted by molar-refractivity contribution is 7.99. The fourth-order valence-corrected chi connectivity index (χ4v) is 7.04. The van der Waals surface area contributed by atoms with Crippen molar-refractivity contribution < 1.29 is 24.2 Å². The number of Topliss-reactive ketones (excluding diaryl/α,β-unsaturated/α-hetero) is 1. The molecule has 2 N–H and O–H groups in total. The summed E-state index contributed by atoms with van der Waals surface area (Å²) in [6, 6.07) is 14.1. The van der Waals surface area contributed by atoms with Gasteiger partial charge in [0, 0.05) is 41.8 Å². The van der Waals surface area contributed by atoms with E-state index >= 15 is 0 Å². The van der Waals surface area contributed by atoms with E-state index < -0.39 is 18.1 Å². The van der Waals surface area contributed by atoms with Gasteiger partial charge >= 0.3 is 5.97 Å². The van der Waals surface area contributed by atoms with Crippen LogP contribution < -0.4 is 10.1 Å². The smallest absolute Gasteiger partial charge is 0.308 e. The third-order valence-electron chi connectivity index (χ3n) is 8.13. The van der Waals surface area contributed by atoms with E-state index in [0.29, 0.717) is 41.0 Å². The lowest BCUT2D eigenvalue weighted by Crippen LogP contribution is -2.56. The van der Waals surface area contributed by atoms with Crippen LogP contribution in [0.15, 0.2) is 53.4 Å². The molecule has 0 aromatic heterocycles. The van der Waals surface area contributed by atoms with E-state index in [4.69, 9.17) is 4.74 Å². The Kier molecular flexibility index (Phi) is 10.2. The number of rotatable bonds is 10. The first-order chi connectivity index (χ1) is 18.7. The van der Waals surface area contributed by atoms with Gasteiger partial charge in [-0.3, -0.25) is 19.3 Å². The third kappa shape index (κ3) is 7.71. The Hall–Kier alpha value is -2.68. The maximum atomic E-state index is 13.4. The molecule has 39 heavy (non-hydrogen) atoms. The third-order valence-corrected chi connectivity index (χ3v) is 9.26. The Morgan fingerprint density at radius 2 is 1.77 bits per heavy atom. The lowest BCUT2D eigenvalue weighted by Gasteiger charge is -2.46. The van der Waals surface area contributed by atoms with Crippen LogP contribution in [-0.4, -0.2) is 64.7 Å². The average Bonchev–Trinajstić information content (AvgIpc) is 2.91. The highest BCUT2D eigenvalue weighted by Gasteiger charge is 2.40. The summed E-state index contributed by atoms with van der Waals surface area (Å²) in [5, 5.41) is 14.6. The minimum Gasteiger partial charge on any atom is -0.426 e. The number of fused-ring (bicyclic) bond motifs is 1. The largest absolute Gasteiger partial charge is 0.426 e. The molecule has 8 heteroatoms. The SMILES string of the molecule is CC(=O)Oc1cccc(C(=O)N[C@@H](CSc2ccccc2)C(O)CN2CC3CCCCC3C[C@H]2C(C)=O)c1C. The molecule has 1 amide bonds. The molecule has 2 aliphatic rings. The average molecular weight is 553 g/mol. The molecule has 3 unspecified atom stereocenters. The summed E-state index contributed by atoms with van der Waals surface area (Å²) in [7, 11) is 0. The van der Waals surface area contributed by atoms with E-state index in [9.17, 15) is 19.5 Å². The molecule has 210 valence electrons. The van der Waals surface area contributed by atoms with Crippen molar-refractivity contribution in [2.45, 2.75) is 76.0 Å². The fraction of sp³-hybridized carbons (Fsp3) is 0.516. The quantitative estimate of drug-likeness (QED) is 0.252. The summed E-state index contributed by atoms with van der Waals surface area (Å²) in [5.41, 5.74) is 0.950. The second-order valence-corrected chi connectivity index (χ2v) is 12.0. The van der Waals surface area contributed by atoms with Crippen LogP contribution >= 0.6 is 11.8 Å². The molecule has 1 heterocycles. The zero-order chi connectivity index (χ0) is 27.9. The van der Waals surface area contributed by atoms with Gasteiger partial charge < -0.3 is 15.2 Å². The van der Waals surface area contributed by atoms with Crippen molar-refractivity contribution in [1.29, 1.82) is 0 Å². The molecule has 4 rings (SSSR count). The van der Waals surface area contributed by atoms with Gasteiger partial charge in [0.25, 0.3) is 5.91 Å². The second kappa shape index (κ2) is 13.6. The number of esters is 1. The summed E-state index contributed by atoms with van der Waals surface area (Å²) >= 11 is 1.57. The van der Waals surface area contributed by atoms with Crippen LogP contribution in [0.25, 0.3) is 0 Å². The first kappa shape index (κ1) is 29.3. The number of β-amino-alcohol motifs (C(OH)–C–C–N with tert-alkyl or cyclic N) is 1. The van der Waals surface area contributed by atoms with Crippen molar-refractivity contribution in [2.24, 2.45) is 11.8 Å². The van der Waals surface area contributed by atoms with E-state index in [1.54, 1.807) is 43.8 Å². The van der Waals surface area contributed by atoms with Crippen molar-refractivity contribution in [3.63, 3.8) is 0 Å². The number of hydrogen-bond acceptors (Lipinski definition) is 7. The van der Waals surface area contributed by atoms with Crippen LogP contribution in [0.4, 0.5) is 0 Å². The molecule has 0 radical (unpaired) electrons. The van der Waals surface area contributed by atoms with Crippen molar-refractivity contribution in [2.75, 3.05) is 18.8 Å². The molecule has 1 aliphatic heterocycles. The number of ketones is 1. The first-order valence-electron chi connectivity index (χ1n) is 13.9. The van der Waals surface area contributed by atoms with Gasteiger partial charge in [0.05, 0.1) is 18.2 Å². The Morgan fingerprint density at radius 3 is 2.46 bits per heavy atom. The summed E-state index contributed by atoms with van der Waals surface area (Å²) in [6.45, 7) is 5.84. The van der Waals surface area contributed by atoms with Gasteiger partial charge in [0.1, 0.15) is 11.5 Å². The minimum atomic E-state index is -0.871. The predicted octanol–water partition coefficient (Wildman–Crippen LogP) is 4.64. The number of likely N-dealkylation sites (tertiary alicyclic amines) is 1. The van der Waals surface area contributed by atoms with Gasteiger partial charge in [-0.15, -0.1) is 11.8 Å². The van der Waals surface area contributed by atoms with Crippen LogP contribution in [0.1, 0.15) is 61.9 Å². The Labute approximate surface area is 235 Å². The Morgan fingerprint density at radius 1 is 1.05 bits per heavy atom. The number of aliphatic hydroxyl groups excluding tert-OH is 1. The van der Waals surface area contributed by atoms with E-state index in [1.165, 1.54) is 32.6 Å². The van der Waals surface area contributed by atoms with Gasteiger partial charge in [-0.25, -0.2) is 0 Å². The van der Waals surface area contributed by atoms with Crippen LogP contribution in [0, 0.1) is 18.8 Å². The summed E-state index contributed by atoms with van der Waals surface area (Å²) in [4.78, 5) is 40.8. The number of piperidine rings is 1. The van der Waals surface area contributed by atoms with Crippen molar-refractivity contribution in [3.8, 4) is 5.75 Å². The zero-order valence-electron chi connectivity index (χ0n) is 23.1. The number of aliphatic hydroxyl groups is 1. The van der Waals surface area contributed by atoms with Crippen molar-refractivity contribution in [1.82, 2.24) is 10.2 Å². The van der Waals surface area contributed by atoms with Crippen molar-refractivity contribution in [3.05, 3.63) is 59.7 Å². The zero-order valence-corrected chi connectivity index (χ0v) is 23.9. The van der Waals surface area contributed by atoms with Gasteiger partial charge in [-0.2, -0.15) is 0 Å². The molecule has 5 atom stereocenters. The second-order valence-electron chi connectivity index (χ2n) is 10.9. The fourth-order valence-electron chi connectivity index (χ4n) is 6.02. The summed E-state index contributed by atoms with van der Waals surface area (Å²) < 4.78 is 5.26. The summed E-state index contributed by atoms with van der Waals surface area (Å²) in [5.74, 6) is 1.29. The number of hydrogen-bond donors (Lipinski definition) is 2. The molecular formula is C31H40N2O5S. The number of thioether (sulfide) groups is 1. The van der Waals surface area contributed by atoms with E-state index in [0.717, 1.165) is 17.9 Å². The lowest BCUT2D eigenvalue weighted by atomic mass is 9.72. The van der Waals surface area contributed by atoms with Gasteiger partial charge in [-0.1, -0.05) is 43.5 Å². The van der Waals surface area contributed by atoms with Gasteiger partial charge in [-0.05, 0) is 62.8 Å². The Balaban J connectivity index is 1.52. The first-order valence-corrected chi connectivity index (χ1v) is 14.9. The van der Waals surface area contributed by atoms with Gasteiger partial charge in [0.15, 0.2) is 0 Å². The monoisotopic (exact) mass is 552 g/mol.